The lowest BCUT2D eigenvalue weighted by Crippen LogP contribution is -2.51. The van der Waals surface area contributed by atoms with E-state index in [4.69, 9.17) is 4.74 Å². The predicted molar refractivity (Wildman–Crippen MR) is 140 cm³/mol. The van der Waals surface area contributed by atoms with E-state index >= 15 is 0 Å². The van der Waals surface area contributed by atoms with Crippen LogP contribution in [0.4, 0.5) is 4.39 Å². The van der Waals surface area contributed by atoms with Crippen molar-refractivity contribution < 1.29 is 18.7 Å². The highest BCUT2D eigenvalue weighted by Gasteiger charge is 2.30. The Kier molecular flexibility index (Phi) is 10.0. The molecule has 0 saturated heterocycles. The predicted octanol–water partition coefficient (Wildman–Crippen LogP) is 5.46. The summed E-state index contributed by atoms with van der Waals surface area (Å²) in [5.41, 5.74) is 2.87. The molecule has 190 valence electrons. The molecule has 0 heterocycles. The van der Waals surface area contributed by atoms with Gasteiger partial charge in [0.25, 0.3) is 0 Å². The van der Waals surface area contributed by atoms with Crippen molar-refractivity contribution in [3.05, 3.63) is 101 Å². The summed E-state index contributed by atoms with van der Waals surface area (Å²) in [4.78, 5) is 28.4. The molecule has 0 aliphatic rings. The Morgan fingerprint density at radius 1 is 0.917 bits per heavy atom. The van der Waals surface area contributed by atoms with Crippen molar-refractivity contribution in [2.75, 3.05) is 6.61 Å². The van der Waals surface area contributed by atoms with E-state index in [0.29, 0.717) is 19.4 Å². The third-order valence-corrected chi connectivity index (χ3v) is 5.79. The number of hydrogen-bond donors (Lipinski definition) is 1. The summed E-state index contributed by atoms with van der Waals surface area (Å²) in [5.74, 6) is 0.0599. The topological polar surface area (TPSA) is 58.6 Å². The Balaban J connectivity index is 1.77. The molecule has 2 amide bonds. The van der Waals surface area contributed by atoms with Crippen molar-refractivity contribution >= 4 is 11.8 Å². The fourth-order valence-electron chi connectivity index (χ4n) is 3.91. The number of nitrogens with one attached hydrogen (secondary N) is 1. The lowest BCUT2D eigenvalue weighted by atomic mass is 10.0. The Morgan fingerprint density at radius 2 is 1.58 bits per heavy atom. The van der Waals surface area contributed by atoms with Crippen molar-refractivity contribution in [3.63, 3.8) is 0 Å². The van der Waals surface area contributed by atoms with Crippen molar-refractivity contribution in [2.45, 2.75) is 58.7 Å². The van der Waals surface area contributed by atoms with Gasteiger partial charge in [-0.3, -0.25) is 9.59 Å². The van der Waals surface area contributed by atoms with Crippen LogP contribution in [0.15, 0.2) is 78.9 Å². The van der Waals surface area contributed by atoms with E-state index in [1.54, 1.807) is 17.0 Å². The van der Waals surface area contributed by atoms with Gasteiger partial charge in [0.15, 0.2) is 0 Å². The number of halogens is 1. The first kappa shape index (κ1) is 26.9. The lowest BCUT2D eigenvalue weighted by Gasteiger charge is -2.32. The molecule has 36 heavy (non-hydrogen) atoms. The molecule has 3 aromatic carbocycles. The summed E-state index contributed by atoms with van der Waals surface area (Å²) in [6, 6.07) is 22.7. The van der Waals surface area contributed by atoms with E-state index in [2.05, 4.69) is 5.32 Å². The number of amides is 2. The van der Waals surface area contributed by atoms with E-state index in [1.807, 2.05) is 75.4 Å². The molecule has 0 aliphatic carbocycles. The van der Waals surface area contributed by atoms with Crippen LogP contribution in [0.5, 0.6) is 5.75 Å². The van der Waals surface area contributed by atoms with Gasteiger partial charge in [-0.1, -0.05) is 60.2 Å². The monoisotopic (exact) mass is 490 g/mol. The van der Waals surface area contributed by atoms with Gasteiger partial charge in [-0.05, 0) is 62.6 Å². The number of rotatable bonds is 12. The molecule has 1 atom stereocenters. The number of hydrogen-bond acceptors (Lipinski definition) is 3. The van der Waals surface area contributed by atoms with Crippen LogP contribution >= 0.6 is 0 Å². The highest BCUT2D eigenvalue weighted by atomic mass is 19.1. The summed E-state index contributed by atoms with van der Waals surface area (Å²) < 4.78 is 19.3. The van der Waals surface area contributed by atoms with Crippen molar-refractivity contribution in [1.82, 2.24) is 10.2 Å². The number of carbonyl (C=O) groups is 2. The molecular weight excluding hydrogens is 455 g/mol. The van der Waals surface area contributed by atoms with E-state index in [9.17, 15) is 14.0 Å². The van der Waals surface area contributed by atoms with Crippen LogP contribution in [0.2, 0.25) is 0 Å². The van der Waals surface area contributed by atoms with Crippen LogP contribution < -0.4 is 10.1 Å². The van der Waals surface area contributed by atoms with Crippen LogP contribution in [-0.4, -0.2) is 35.4 Å². The van der Waals surface area contributed by atoms with Gasteiger partial charge in [0.2, 0.25) is 11.8 Å². The van der Waals surface area contributed by atoms with Gasteiger partial charge in [-0.2, -0.15) is 0 Å². The zero-order valence-electron chi connectivity index (χ0n) is 21.2. The maximum atomic E-state index is 13.5. The summed E-state index contributed by atoms with van der Waals surface area (Å²) in [6.45, 7) is 6.40. The van der Waals surface area contributed by atoms with Crippen LogP contribution in [0.25, 0.3) is 0 Å². The number of ether oxygens (including phenoxy) is 1. The third-order valence-electron chi connectivity index (χ3n) is 5.79. The Morgan fingerprint density at radius 3 is 2.22 bits per heavy atom. The van der Waals surface area contributed by atoms with Crippen LogP contribution in [-0.2, 0) is 22.6 Å². The molecule has 0 radical (unpaired) electrons. The van der Waals surface area contributed by atoms with Gasteiger partial charge in [-0.25, -0.2) is 4.39 Å². The minimum absolute atomic E-state index is 0.0681. The van der Waals surface area contributed by atoms with Crippen LogP contribution in [0, 0.1) is 12.7 Å². The lowest BCUT2D eigenvalue weighted by molar-refractivity contribution is -0.141. The average molecular weight is 491 g/mol. The molecular formula is C30H35FN2O3. The second-order valence-electron chi connectivity index (χ2n) is 9.28. The minimum Gasteiger partial charge on any atom is -0.494 e. The molecule has 0 unspecified atom stereocenters. The second kappa shape index (κ2) is 13.4. The molecule has 3 rings (SSSR count). The first-order chi connectivity index (χ1) is 17.3. The van der Waals surface area contributed by atoms with Gasteiger partial charge < -0.3 is 15.0 Å². The molecule has 0 aromatic heterocycles. The smallest absolute Gasteiger partial charge is 0.243 e. The van der Waals surface area contributed by atoms with Crippen LogP contribution in [0.3, 0.4) is 0 Å². The van der Waals surface area contributed by atoms with Gasteiger partial charge in [0.1, 0.15) is 17.6 Å². The van der Waals surface area contributed by atoms with E-state index in [1.165, 1.54) is 12.1 Å². The molecule has 0 bridgehead atoms. The van der Waals surface area contributed by atoms with Crippen molar-refractivity contribution in [1.29, 1.82) is 0 Å². The quantitative estimate of drug-likeness (QED) is 0.343. The molecule has 0 fully saturated rings. The summed E-state index contributed by atoms with van der Waals surface area (Å²) >= 11 is 0. The second-order valence-corrected chi connectivity index (χ2v) is 9.28. The molecule has 0 aliphatic heterocycles. The molecule has 1 N–H and O–H groups in total. The SMILES string of the molecule is Cc1ccc(OCCCC(=O)N(Cc2ccc(F)cc2)[C@H](Cc2ccccc2)C(=O)NC(C)C)cc1. The average Bonchev–Trinajstić information content (AvgIpc) is 2.86. The molecule has 5 nitrogen and oxygen atoms in total. The number of carbonyl (C=O) groups excluding carboxylic acids is 2. The standard InChI is InChI=1S/C30H35FN2O3/c1-22(2)32-30(35)28(20-24-8-5-4-6-9-24)33(21-25-13-15-26(31)16-14-25)29(34)10-7-19-36-27-17-11-23(3)12-18-27/h4-6,8-9,11-18,22,28H,7,10,19-21H2,1-3H3,(H,32,35)/t28-/m1/s1. The summed E-state index contributed by atoms with van der Waals surface area (Å²) in [6.07, 6.45) is 1.12. The molecule has 6 heteroatoms. The zero-order chi connectivity index (χ0) is 25.9. The summed E-state index contributed by atoms with van der Waals surface area (Å²) in [5, 5.41) is 2.97. The fraction of sp³-hybridized carbons (Fsp3) is 0.333. The van der Waals surface area contributed by atoms with Crippen LogP contribution in [0.1, 0.15) is 43.4 Å². The highest BCUT2D eigenvalue weighted by Crippen LogP contribution is 2.18. The first-order valence-corrected chi connectivity index (χ1v) is 12.4. The van der Waals surface area contributed by atoms with Gasteiger partial charge in [0, 0.05) is 25.4 Å². The maximum absolute atomic E-state index is 13.5. The zero-order valence-corrected chi connectivity index (χ0v) is 21.2. The van der Waals surface area contributed by atoms with E-state index in [0.717, 1.165) is 22.4 Å². The highest BCUT2D eigenvalue weighted by molar-refractivity contribution is 5.88. The summed E-state index contributed by atoms with van der Waals surface area (Å²) in [7, 11) is 0. The van der Waals surface area contributed by atoms with Crippen molar-refractivity contribution in [3.8, 4) is 5.75 Å². The molecule has 3 aromatic rings. The van der Waals surface area contributed by atoms with Gasteiger partial charge in [0.05, 0.1) is 6.61 Å². The molecule has 0 spiro atoms. The van der Waals surface area contributed by atoms with Gasteiger partial charge in [-0.15, -0.1) is 0 Å². The maximum Gasteiger partial charge on any atom is 0.243 e. The molecule has 0 saturated carbocycles. The number of nitrogens with zero attached hydrogens (tertiary/aromatic N) is 1. The third kappa shape index (κ3) is 8.52. The van der Waals surface area contributed by atoms with Gasteiger partial charge >= 0.3 is 0 Å². The Bertz CT molecular complexity index is 1100. The van der Waals surface area contributed by atoms with E-state index < -0.39 is 6.04 Å². The number of benzene rings is 3. The minimum atomic E-state index is -0.703. The van der Waals surface area contributed by atoms with Crippen molar-refractivity contribution in [2.24, 2.45) is 0 Å². The largest absolute Gasteiger partial charge is 0.494 e. The normalized spacial score (nSPS) is 11.7. The first-order valence-electron chi connectivity index (χ1n) is 12.4. The Labute approximate surface area is 213 Å². The van der Waals surface area contributed by atoms with E-state index in [-0.39, 0.29) is 36.6 Å². The number of aryl methyl sites for hydroxylation is 1. The fourth-order valence-corrected chi connectivity index (χ4v) is 3.91. The Hall–Kier alpha value is -3.67.